The van der Waals surface area contributed by atoms with Crippen LogP contribution in [0.3, 0.4) is 0 Å². The first kappa shape index (κ1) is 14.6. The molecule has 1 N–H and O–H groups in total. The molecule has 0 heterocycles. The lowest BCUT2D eigenvalue weighted by Crippen LogP contribution is -2.02. The van der Waals surface area contributed by atoms with Crippen LogP contribution in [0.15, 0.2) is 18.2 Å². The number of hydrogen-bond donors (Lipinski definition) is 1. The summed E-state index contributed by atoms with van der Waals surface area (Å²) in [6.07, 6.45) is 6.72. The summed E-state index contributed by atoms with van der Waals surface area (Å²) in [6, 6.07) is 5.23. The van der Waals surface area contributed by atoms with Crippen molar-refractivity contribution >= 4 is 5.97 Å². The molecule has 1 aromatic rings. The monoisotopic (exact) mass is 250 g/mol. The molecule has 0 atom stereocenters. The Morgan fingerprint density at radius 1 is 1.22 bits per heavy atom. The van der Waals surface area contributed by atoms with E-state index in [9.17, 15) is 9.90 Å². The van der Waals surface area contributed by atoms with E-state index in [2.05, 4.69) is 11.7 Å². The highest BCUT2D eigenvalue weighted by atomic mass is 16.5. The number of unbranched alkanes of at least 4 members (excludes halogenated alkanes) is 4. The van der Waals surface area contributed by atoms with Crippen LogP contribution in [0.4, 0.5) is 0 Å². The summed E-state index contributed by atoms with van der Waals surface area (Å²) in [5.41, 5.74) is 1.08. The smallest absolute Gasteiger partial charge is 0.341 e. The number of esters is 1. The molecule has 3 nitrogen and oxygen atoms in total. The average Bonchev–Trinajstić information content (AvgIpc) is 2.39. The number of carbonyl (C=O) groups excluding carboxylic acids is 1. The summed E-state index contributed by atoms with van der Waals surface area (Å²) in [5, 5.41) is 9.99. The maximum atomic E-state index is 11.4. The van der Waals surface area contributed by atoms with Crippen molar-refractivity contribution in [2.24, 2.45) is 0 Å². The van der Waals surface area contributed by atoms with Crippen LogP contribution in [0.1, 0.15) is 54.9 Å². The Balaban J connectivity index is 2.58. The first-order chi connectivity index (χ1) is 8.70. The Kier molecular flexibility index (Phi) is 6.26. The maximum Gasteiger partial charge on any atom is 0.341 e. The number of phenols is 1. The van der Waals surface area contributed by atoms with Crippen molar-refractivity contribution in [3.05, 3.63) is 29.3 Å². The zero-order valence-corrected chi connectivity index (χ0v) is 11.2. The molecule has 0 spiro atoms. The van der Waals surface area contributed by atoms with Crippen LogP contribution in [-0.4, -0.2) is 18.2 Å². The number of aromatic hydroxyl groups is 1. The summed E-state index contributed by atoms with van der Waals surface area (Å²) in [6.45, 7) is 2.19. The quantitative estimate of drug-likeness (QED) is 0.593. The normalized spacial score (nSPS) is 10.3. The zero-order valence-electron chi connectivity index (χ0n) is 11.2. The predicted molar refractivity (Wildman–Crippen MR) is 71.9 cm³/mol. The molecule has 1 aromatic carbocycles. The number of aryl methyl sites for hydroxylation is 1. The van der Waals surface area contributed by atoms with Gasteiger partial charge in [-0.1, -0.05) is 44.7 Å². The van der Waals surface area contributed by atoms with E-state index in [4.69, 9.17) is 0 Å². The third kappa shape index (κ3) is 4.06. The number of benzene rings is 1. The first-order valence-corrected chi connectivity index (χ1v) is 6.59. The number of methoxy groups -OCH3 is 1. The zero-order chi connectivity index (χ0) is 13.4. The lowest BCUT2D eigenvalue weighted by molar-refractivity contribution is 0.0597. The number of carbonyl (C=O) groups is 1. The van der Waals surface area contributed by atoms with Crippen LogP contribution in [0.5, 0.6) is 5.75 Å². The molecular formula is C15H22O3. The summed E-state index contributed by atoms with van der Waals surface area (Å²) >= 11 is 0. The predicted octanol–water partition coefficient (Wildman–Crippen LogP) is 3.69. The highest BCUT2D eigenvalue weighted by Crippen LogP contribution is 2.25. The Morgan fingerprint density at radius 2 is 1.94 bits per heavy atom. The molecule has 0 aliphatic heterocycles. The van der Waals surface area contributed by atoms with E-state index in [0.717, 1.165) is 24.8 Å². The van der Waals surface area contributed by atoms with E-state index in [1.807, 2.05) is 6.07 Å². The van der Waals surface area contributed by atoms with E-state index in [0.29, 0.717) is 0 Å². The van der Waals surface area contributed by atoms with Crippen molar-refractivity contribution in [2.75, 3.05) is 7.11 Å². The third-order valence-corrected chi connectivity index (χ3v) is 3.07. The minimum Gasteiger partial charge on any atom is -0.507 e. The van der Waals surface area contributed by atoms with Gasteiger partial charge in [0.25, 0.3) is 0 Å². The number of hydrogen-bond acceptors (Lipinski definition) is 3. The Morgan fingerprint density at radius 3 is 2.61 bits per heavy atom. The van der Waals surface area contributed by atoms with E-state index in [1.165, 1.54) is 26.4 Å². The fourth-order valence-electron chi connectivity index (χ4n) is 1.99. The van der Waals surface area contributed by atoms with Gasteiger partial charge in [0, 0.05) is 0 Å². The van der Waals surface area contributed by atoms with Crippen molar-refractivity contribution < 1.29 is 14.6 Å². The summed E-state index contributed by atoms with van der Waals surface area (Å²) < 4.78 is 4.63. The topological polar surface area (TPSA) is 46.5 Å². The molecule has 3 heteroatoms. The van der Waals surface area contributed by atoms with Crippen molar-refractivity contribution in [3.8, 4) is 5.75 Å². The number of rotatable bonds is 7. The van der Waals surface area contributed by atoms with Crippen LogP contribution < -0.4 is 0 Å². The van der Waals surface area contributed by atoms with Gasteiger partial charge >= 0.3 is 5.97 Å². The molecule has 18 heavy (non-hydrogen) atoms. The summed E-state index contributed by atoms with van der Waals surface area (Å²) in [5.74, 6) is -0.417. The summed E-state index contributed by atoms with van der Waals surface area (Å²) in [4.78, 5) is 11.4. The second-order valence-electron chi connectivity index (χ2n) is 4.47. The molecule has 0 aromatic heterocycles. The van der Waals surface area contributed by atoms with Crippen LogP contribution in [0.25, 0.3) is 0 Å². The van der Waals surface area contributed by atoms with Crippen LogP contribution in [-0.2, 0) is 11.2 Å². The van der Waals surface area contributed by atoms with Crippen molar-refractivity contribution in [1.82, 2.24) is 0 Å². The molecule has 0 fully saturated rings. The van der Waals surface area contributed by atoms with Gasteiger partial charge in [-0.3, -0.25) is 0 Å². The number of ether oxygens (including phenoxy) is 1. The van der Waals surface area contributed by atoms with Gasteiger partial charge in [0.05, 0.1) is 7.11 Å². The van der Waals surface area contributed by atoms with Gasteiger partial charge in [0.15, 0.2) is 0 Å². The average molecular weight is 250 g/mol. The van der Waals surface area contributed by atoms with Crippen LogP contribution >= 0.6 is 0 Å². The summed E-state index contributed by atoms with van der Waals surface area (Å²) in [7, 11) is 1.32. The molecule has 0 bridgehead atoms. The Labute approximate surface area is 109 Å². The minimum atomic E-state index is -0.486. The lowest BCUT2D eigenvalue weighted by Gasteiger charge is -2.08. The number of phenolic OH excluding ortho intramolecular Hbond substituents is 1. The van der Waals surface area contributed by atoms with E-state index < -0.39 is 5.97 Å². The molecule has 0 saturated carbocycles. The van der Waals surface area contributed by atoms with Crippen LogP contribution in [0, 0.1) is 0 Å². The van der Waals surface area contributed by atoms with Crippen molar-refractivity contribution in [2.45, 2.75) is 45.4 Å². The van der Waals surface area contributed by atoms with Gasteiger partial charge < -0.3 is 9.84 Å². The Hall–Kier alpha value is -1.51. The standard InChI is InChI=1S/C15H22O3/c1-3-4-5-6-7-9-12-10-8-11-13(14(12)16)15(17)18-2/h8,10-11,16H,3-7,9H2,1-2H3. The second kappa shape index (κ2) is 7.75. The molecular weight excluding hydrogens is 228 g/mol. The number of para-hydroxylation sites is 1. The lowest BCUT2D eigenvalue weighted by atomic mass is 10.0. The molecule has 0 amide bonds. The largest absolute Gasteiger partial charge is 0.507 e. The molecule has 0 radical (unpaired) electrons. The van der Waals surface area contributed by atoms with E-state index >= 15 is 0 Å². The molecule has 100 valence electrons. The Bertz CT molecular complexity index is 385. The van der Waals surface area contributed by atoms with Gasteiger partial charge in [-0.15, -0.1) is 0 Å². The molecule has 1 rings (SSSR count). The van der Waals surface area contributed by atoms with Gasteiger partial charge in [0.1, 0.15) is 11.3 Å². The van der Waals surface area contributed by atoms with Crippen molar-refractivity contribution in [1.29, 1.82) is 0 Å². The SMILES string of the molecule is CCCCCCCc1cccc(C(=O)OC)c1O. The van der Waals surface area contributed by atoms with Gasteiger partial charge in [-0.05, 0) is 24.5 Å². The third-order valence-electron chi connectivity index (χ3n) is 3.07. The fraction of sp³-hybridized carbons (Fsp3) is 0.533. The van der Waals surface area contributed by atoms with Gasteiger partial charge in [-0.25, -0.2) is 4.79 Å². The minimum absolute atomic E-state index is 0.0693. The second-order valence-corrected chi connectivity index (χ2v) is 4.47. The van der Waals surface area contributed by atoms with Crippen molar-refractivity contribution in [3.63, 3.8) is 0 Å². The first-order valence-electron chi connectivity index (χ1n) is 6.59. The van der Waals surface area contributed by atoms with Gasteiger partial charge in [0.2, 0.25) is 0 Å². The highest BCUT2D eigenvalue weighted by Gasteiger charge is 2.13. The van der Waals surface area contributed by atoms with Crippen LogP contribution in [0.2, 0.25) is 0 Å². The maximum absolute atomic E-state index is 11.4. The highest BCUT2D eigenvalue weighted by molar-refractivity contribution is 5.92. The molecule has 0 aliphatic carbocycles. The molecule has 0 unspecified atom stereocenters. The van der Waals surface area contributed by atoms with Gasteiger partial charge in [-0.2, -0.15) is 0 Å². The molecule has 0 saturated heterocycles. The van der Waals surface area contributed by atoms with E-state index in [1.54, 1.807) is 12.1 Å². The molecule has 0 aliphatic rings. The fourth-order valence-corrected chi connectivity index (χ4v) is 1.99. The van der Waals surface area contributed by atoms with E-state index in [-0.39, 0.29) is 11.3 Å².